The van der Waals surface area contributed by atoms with E-state index in [9.17, 15) is 19.6 Å². The number of nitrogens with zero attached hydrogens (tertiary/aromatic N) is 4. The topological polar surface area (TPSA) is 104 Å². The normalized spacial score (nSPS) is 11.0. The first-order chi connectivity index (χ1) is 12.5. The summed E-state index contributed by atoms with van der Waals surface area (Å²) < 4.78 is 19.1. The molecule has 1 aromatic carbocycles. The number of benzene rings is 1. The minimum absolute atomic E-state index is 0.0638. The van der Waals surface area contributed by atoms with Crippen LogP contribution in [-0.4, -0.2) is 9.67 Å². The van der Waals surface area contributed by atoms with E-state index in [1.807, 2.05) is 6.07 Å². The summed E-state index contributed by atoms with van der Waals surface area (Å²) in [7, 11) is 0. The molecule has 2 heterocycles. The Balaban J connectivity index is 2.10. The quantitative estimate of drug-likeness (QED) is 0.718. The molecule has 3 aromatic rings. The van der Waals surface area contributed by atoms with Gasteiger partial charge in [-0.25, -0.2) is 4.39 Å². The van der Waals surface area contributed by atoms with Gasteiger partial charge in [0.1, 0.15) is 23.2 Å². The molecule has 26 heavy (non-hydrogen) atoms. The molecule has 7 nitrogen and oxygen atoms in total. The Morgan fingerprint density at radius 2 is 2.00 bits per heavy atom. The van der Waals surface area contributed by atoms with E-state index in [1.165, 1.54) is 37.5 Å². The lowest BCUT2D eigenvalue weighted by atomic mass is 10.1. The maximum Gasteiger partial charge on any atom is 0.281 e. The fourth-order valence-electron chi connectivity index (χ4n) is 2.38. The van der Waals surface area contributed by atoms with Crippen LogP contribution >= 0.6 is 0 Å². The molecular formula is C18H13FN4O3. The predicted molar refractivity (Wildman–Crippen MR) is 90.2 cm³/mol. The van der Waals surface area contributed by atoms with Crippen molar-refractivity contribution in [2.24, 2.45) is 10.2 Å². The molecule has 0 saturated carbocycles. The third kappa shape index (κ3) is 3.23. The number of halogens is 1. The van der Waals surface area contributed by atoms with Crippen LogP contribution in [0, 0.1) is 24.1 Å². The molecule has 8 heteroatoms. The van der Waals surface area contributed by atoms with E-state index in [-0.39, 0.29) is 23.4 Å². The summed E-state index contributed by atoms with van der Waals surface area (Å²) in [5.41, 5.74) is -0.244. The van der Waals surface area contributed by atoms with Crippen LogP contribution in [0.1, 0.15) is 16.9 Å². The van der Waals surface area contributed by atoms with Crippen LogP contribution in [0.3, 0.4) is 0 Å². The highest BCUT2D eigenvalue weighted by Gasteiger charge is 2.19. The third-order valence-electron chi connectivity index (χ3n) is 3.76. The van der Waals surface area contributed by atoms with Crippen molar-refractivity contribution in [1.29, 1.82) is 5.26 Å². The van der Waals surface area contributed by atoms with E-state index in [0.29, 0.717) is 11.4 Å². The molecule has 0 atom stereocenters. The Bertz CT molecular complexity index is 1060. The van der Waals surface area contributed by atoms with Gasteiger partial charge in [0.15, 0.2) is 5.69 Å². The molecule has 0 unspecified atom stereocenters. The SMILES string of the molecule is Cc1c(C#N)c(O)n(Cc2ccco2)c(=O)c1N=Nc1ccc(F)cc1. The molecule has 0 amide bonds. The van der Waals surface area contributed by atoms with Crippen LogP contribution in [0.25, 0.3) is 0 Å². The fraction of sp³-hybridized carbons (Fsp3) is 0.111. The van der Waals surface area contributed by atoms with Crippen molar-refractivity contribution in [3.05, 3.63) is 75.7 Å². The second-order valence-corrected chi connectivity index (χ2v) is 5.43. The number of aromatic hydroxyl groups is 1. The molecule has 0 fully saturated rings. The first-order valence-electron chi connectivity index (χ1n) is 7.57. The number of pyridine rings is 1. The minimum atomic E-state index is -0.624. The van der Waals surface area contributed by atoms with E-state index in [4.69, 9.17) is 4.42 Å². The van der Waals surface area contributed by atoms with Crippen LogP contribution in [0.4, 0.5) is 15.8 Å². The van der Waals surface area contributed by atoms with Crippen molar-refractivity contribution in [3.8, 4) is 11.9 Å². The summed E-state index contributed by atoms with van der Waals surface area (Å²) in [6, 6.07) is 10.4. The van der Waals surface area contributed by atoms with Crippen molar-refractivity contribution in [3.63, 3.8) is 0 Å². The molecule has 0 aliphatic rings. The van der Waals surface area contributed by atoms with Gasteiger partial charge in [0.05, 0.1) is 18.5 Å². The molecule has 0 saturated heterocycles. The van der Waals surface area contributed by atoms with Crippen molar-refractivity contribution in [1.82, 2.24) is 4.57 Å². The predicted octanol–water partition coefficient (Wildman–Crippen LogP) is 3.93. The van der Waals surface area contributed by atoms with Crippen molar-refractivity contribution in [2.75, 3.05) is 0 Å². The first kappa shape index (κ1) is 17.1. The smallest absolute Gasteiger partial charge is 0.281 e. The minimum Gasteiger partial charge on any atom is -0.493 e. The standard InChI is InChI=1S/C18H13FN4O3/c1-11-15(9-20)17(24)23(10-14-3-2-8-26-14)18(25)16(11)22-21-13-6-4-12(19)5-7-13/h2-8,24H,10H2,1H3. The molecular weight excluding hydrogens is 339 g/mol. The van der Waals surface area contributed by atoms with Crippen molar-refractivity contribution in [2.45, 2.75) is 13.5 Å². The molecule has 1 N–H and O–H groups in total. The summed E-state index contributed by atoms with van der Waals surface area (Å²) in [6.45, 7) is 1.43. The lowest BCUT2D eigenvalue weighted by molar-refractivity contribution is 0.397. The van der Waals surface area contributed by atoms with Crippen molar-refractivity contribution < 1.29 is 13.9 Å². The molecule has 0 bridgehead atoms. The van der Waals surface area contributed by atoms with E-state index >= 15 is 0 Å². The maximum absolute atomic E-state index is 13.0. The van der Waals surface area contributed by atoms with E-state index in [1.54, 1.807) is 12.1 Å². The van der Waals surface area contributed by atoms with Crippen LogP contribution in [-0.2, 0) is 6.54 Å². The zero-order chi connectivity index (χ0) is 18.7. The number of aromatic nitrogens is 1. The Morgan fingerprint density at radius 3 is 2.62 bits per heavy atom. The first-order valence-corrected chi connectivity index (χ1v) is 7.57. The lowest BCUT2D eigenvalue weighted by Gasteiger charge is -2.11. The number of furan rings is 1. The van der Waals surface area contributed by atoms with Crippen LogP contribution < -0.4 is 5.56 Å². The van der Waals surface area contributed by atoms with Gasteiger partial charge >= 0.3 is 0 Å². The van der Waals surface area contributed by atoms with Gasteiger partial charge in [-0.3, -0.25) is 9.36 Å². The number of hydrogen-bond donors (Lipinski definition) is 1. The highest BCUT2D eigenvalue weighted by atomic mass is 19.1. The van der Waals surface area contributed by atoms with E-state index in [0.717, 1.165) is 4.57 Å². The Kier molecular flexibility index (Phi) is 4.62. The second kappa shape index (κ2) is 7.03. The van der Waals surface area contributed by atoms with Gasteiger partial charge in [0, 0.05) is 5.56 Å². The summed E-state index contributed by atoms with van der Waals surface area (Å²) in [6.07, 6.45) is 1.44. The molecule has 0 radical (unpaired) electrons. The average molecular weight is 352 g/mol. The zero-order valence-corrected chi connectivity index (χ0v) is 13.7. The Labute approximate surface area is 147 Å². The number of azo groups is 1. The van der Waals surface area contributed by atoms with Gasteiger partial charge in [0.2, 0.25) is 5.88 Å². The Hall–Kier alpha value is -3.73. The lowest BCUT2D eigenvalue weighted by Crippen LogP contribution is -2.22. The summed E-state index contributed by atoms with van der Waals surface area (Å²) in [5, 5.41) is 27.4. The number of nitriles is 1. The highest BCUT2D eigenvalue weighted by Crippen LogP contribution is 2.27. The summed E-state index contributed by atoms with van der Waals surface area (Å²) in [4.78, 5) is 12.7. The molecule has 0 spiro atoms. The largest absolute Gasteiger partial charge is 0.493 e. The van der Waals surface area contributed by atoms with Crippen LogP contribution in [0.15, 0.2) is 62.1 Å². The second-order valence-electron chi connectivity index (χ2n) is 5.43. The van der Waals surface area contributed by atoms with Gasteiger partial charge in [-0.05, 0) is 43.3 Å². The van der Waals surface area contributed by atoms with Gasteiger partial charge in [-0.2, -0.15) is 10.4 Å². The highest BCUT2D eigenvalue weighted by molar-refractivity contribution is 5.56. The molecule has 3 rings (SSSR count). The van der Waals surface area contributed by atoms with Crippen LogP contribution in [0.5, 0.6) is 5.88 Å². The molecule has 0 aliphatic carbocycles. The summed E-state index contributed by atoms with van der Waals surface area (Å²) in [5.74, 6) is -0.457. The maximum atomic E-state index is 13.0. The van der Waals surface area contributed by atoms with Crippen LogP contribution in [0.2, 0.25) is 0 Å². The number of rotatable bonds is 4. The van der Waals surface area contributed by atoms with E-state index < -0.39 is 17.3 Å². The van der Waals surface area contributed by atoms with Gasteiger partial charge in [0.25, 0.3) is 5.56 Å². The van der Waals surface area contributed by atoms with Crippen molar-refractivity contribution >= 4 is 11.4 Å². The molecule has 2 aromatic heterocycles. The molecule has 130 valence electrons. The molecule has 0 aliphatic heterocycles. The fourth-order valence-corrected chi connectivity index (χ4v) is 2.38. The average Bonchev–Trinajstić information content (AvgIpc) is 3.14. The van der Waals surface area contributed by atoms with E-state index in [2.05, 4.69) is 10.2 Å². The summed E-state index contributed by atoms with van der Waals surface area (Å²) >= 11 is 0. The van der Waals surface area contributed by atoms with Gasteiger partial charge in [-0.15, -0.1) is 5.11 Å². The third-order valence-corrected chi connectivity index (χ3v) is 3.76. The van der Waals surface area contributed by atoms with Gasteiger partial charge in [-0.1, -0.05) is 0 Å². The zero-order valence-electron chi connectivity index (χ0n) is 13.7. The monoisotopic (exact) mass is 352 g/mol. The Morgan fingerprint density at radius 1 is 1.27 bits per heavy atom. The number of hydrogen-bond acceptors (Lipinski definition) is 6. The van der Waals surface area contributed by atoms with Gasteiger partial charge < -0.3 is 9.52 Å².